The van der Waals surface area contributed by atoms with Gasteiger partial charge in [0.2, 0.25) is 0 Å². The average Bonchev–Trinajstić information content (AvgIpc) is 2.84. The quantitative estimate of drug-likeness (QED) is 0.722. The maximum absolute atomic E-state index is 4.50. The summed E-state index contributed by atoms with van der Waals surface area (Å²) in [5, 5.41) is 0.974. The van der Waals surface area contributed by atoms with E-state index in [4.69, 9.17) is 0 Å². The molecule has 0 aromatic carbocycles. The van der Waals surface area contributed by atoms with Crippen LogP contribution in [0.15, 0.2) is 36.0 Å². The van der Waals surface area contributed by atoms with Gasteiger partial charge in [0.1, 0.15) is 12.0 Å². The molecule has 3 heterocycles. The van der Waals surface area contributed by atoms with E-state index < -0.39 is 0 Å². The van der Waals surface area contributed by atoms with Gasteiger partial charge in [-0.3, -0.25) is 9.98 Å². The molecule has 3 aromatic rings. The van der Waals surface area contributed by atoms with E-state index in [-0.39, 0.29) is 0 Å². The number of rotatable bonds is 2. The Morgan fingerprint density at radius 3 is 2.80 bits per heavy atom. The number of aliphatic imine (C=N–C) groups is 1. The summed E-state index contributed by atoms with van der Waals surface area (Å²) in [6, 6.07) is 2.04. The second-order valence-corrected chi connectivity index (χ2v) is 4.90. The molecule has 100 valence electrons. The highest BCUT2D eigenvalue weighted by atomic mass is 14.9. The number of hydrogen-bond acceptors (Lipinski definition) is 4. The minimum atomic E-state index is 0.820. The fourth-order valence-corrected chi connectivity index (χ4v) is 2.13. The molecule has 0 radical (unpaired) electrons. The fraction of sp³-hybridized carbons (Fsp3) is 0.200. The summed E-state index contributed by atoms with van der Waals surface area (Å²) in [5.74, 6) is 0. The van der Waals surface area contributed by atoms with Crippen LogP contribution in [-0.2, 0) is 0 Å². The summed E-state index contributed by atoms with van der Waals surface area (Å²) in [6.07, 6.45) is 7.05. The lowest BCUT2D eigenvalue weighted by Crippen LogP contribution is -1.87. The van der Waals surface area contributed by atoms with Crippen LogP contribution in [0.1, 0.15) is 19.4 Å². The highest BCUT2D eigenvalue weighted by Crippen LogP contribution is 2.28. The van der Waals surface area contributed by atoms with E-state index in [1.165, 1.54) is 6.33 Å². The van der Waals surface area contributed by atoms with Crippen molar-refractivity contribution in [1.29, 1.82) is 0 Å². The summed E-state index contributed by atoms with van der Waals surface area (Å²) < 4.78 is 0. The van der Waals surface area contributed by atoms with Gasteiger partial charge in [0.15, 0.2) is 0 Å². The Morgan fingerprint density at radius 1 is 1.20 bits per heavy atom. The van der Waals surface area contributed by atoms with E-state index in [0.717, 1.165) is 39.3 Å². The maximum atomic E-state index is 4.50. The van der Waals surface area contributed by atoms with Gasteiger partial charge < -0.3 is 4.98 Å². The molecule has 0 aliphatic carbocycles. The zero-order valence-electron chi connectivity index (χ0n) is 11.7. The van der Waals surface area contributed by atoms with E-state index in [1.54, 1.807) is 12.4 Å². The van der Waals surface area contributed by atoms with Gasteiger partial charge in [0.25, 0.3) is 0 Å². The number of hydrogen-bond donors (Lipinski definition) is 1. The van der Waals surface area contributed by atoms with Crippen LogP contribution in [0.5, 0.6) is 0 Å². The number of aromatic amines is 1. The molecule has 20 heavy (non-hydrogen) atoms. The number of fused-ring (bicyclic) bond motifs is 1. The number of pyridine rings is 1. The minimum Gasteiger partial charge on any atom is -0.345 e. The molecule has 3 aromatic heterocycles. The molecule has 0 bridgehead atoms. The molecular formula is C15H15N5. The van der Waals surface area contributed by atoms with Crippen LogP contribution < -0.4 is 0 Å². The summed E-state index contributed by atoms with van der Waals surface area (Å²) in [5.41, 5.74) is 5.75. The molecule has 0 unspecified atom stereocenters. The Balaban J connectivity index is 2.11. The Labute approximate surface area is 116 Å². The number of aromatic nitrogens is 4. The van der Waals surface area contributed by atoms with E-state index >= 15 is 0 Å². The maximum Gasteiger partial charge on any atom is 0.141 e. The van der Waals surface area contributed by atoms with E-state index in [9.17, 15) is 0 Å². The fourth-order valence-electron chi connectivity index (χ4n) is 2.13. The molecule has 0 aliphatic heterocycles. The van der Waals surface area contributed by atoms with E-state index in [1.807, 2.05) is 33.0 Å². The first-order chi connectivity index (χ1) is 9.65. The van der Waals surface area contributed by atoms with Crippen molar-refractivity contribution in [3.8, 4) is 11.3 Å². The Kier molecular flexibility index (Phi) is 3.02. The van der Waals surface area contributed by atoms with Gasteiger partial charge >= 0.3 is 0 Å². The molecule has 3 rings (SSSR count). The van der Waals surface area contributed by atoms with Crippen LogP contribution in [0.25, 0.3) is 22.3 Å². The monoisotopic (exact) mass is 265 g/mol. The van der Waals surface area contributed by atoms with Crippen molar-refractivity contribution in [3.63, 3.8) is 0 Å². The predicted molar refractivity (Wildman–Crippen MR) is 80.3 cm³/mol. The number of aryl methyl sites for hydroxylation is 1. The number of nitrogens with zero attached hydrogens (tertiary/aromatic N) is 4. The van der Waals surface area contributed by atoms with Gasteiger partial charge in [-0.15, -0.1) is 0 Å². The van der Waals surface area contributed by atoms with Crippen LogP contribution in [0.2, 0.25) is 0 Å². The SMILES string of the molecule is CC(C)=Nc1cnc(-c2c[nH]c3ncncc23)cc1C. The Morgan fingerprint density at radius 2 is 2.05 bits per heavy atom. The molecule has 0 amide bonds. The number of nitrogens with one attached hydrogen (secondary N) is 1. The molecule has 0 spiro atoms. The lowest BCUT2D eigenvalue weighted by molar-refractivity contribution is 1.20. The minimum absolute atomic E-state index is 0.820. The van der Waals surface area contributed by atoms with Crippen LogP contribution in [0, 0.1) is 6.92 Å². The Hall–Kier alpha value is -2.56. The van der Waals surface area contributed by atoms with Gasteiger partial charge in [0, 0.05) is 29.1 Å². The molecule has 0 atom stereocenters. The van der Waals surface area contributed by atoms with Crippen molar-refractivity contribution in [1.82, 2.24) is 19.9 Å². The lowest BCUT2D eigenvalue weighted by Gasteiger charge is -2.04. The van der Waals surface area contributed by atoms with Crippen molar-refractivity contribution < 1.29 is 0 Å². The van der Waals surface area contributed by atoms with Gasteiger partial charge in [0.05, 0.1) is 17.6 Å². The summed E-state index contributed by atoms with van der Waals surface area (Å²) in [7, 11) is 0. The van der Waals surface area contributed by atoms with Gasteiger partial charge in [-0.25, -0.2) is 9.97 Å². The van der Waals surface area contributed by atoms with E-state index in [2.05, 4.69) is 24.9 Å². The molecule has 0 fully saturated rings. The number of H-pyrrole nitrogens is 1. The first kappa shape index (κ1) is 12.5. The molecule has 0 saturated carbocycles. The first-order valence-corrected chi connectivity index (χ1v) is 6.41. The molecule has 5 heteroatoms. The molecule has 5 nitrogen and oxygen atoms in total. The smallest absolute Gasteiger partial charge is 0.141 e. The largest absolute Gasteiger partial charge is 0.345 e. The highest BCUT2D eigenvalue weighted by molar-refractivity contribution is 5.92. The van der Waals surface area contributed by atoms with Gasteiger partial charge in [-0.2, -0.15) is 0 Å². The van der Waals surface area contributed by atoms with Crippen LogP contribution in [-0.4, -0.2) is 25.6 Å². The summed E-state index contributed by atoms with van der Waals surface area (Å²) >= 11 is 0. The van der Waals surface area contributed by atoms with Crippen molar-refractivity contribution >= 4 is 22.4 Å². The van der Waals surface area contributed by atoms with E-state index in [0.29, 0.717) is 0 Å². The molecule has 1 N–H and O–H groups in total. The van der Waals surface area contributed by atoms with Crippen LogP contribution >= 0.6 is 0 Å². The van der Waals surface area contributed by atoms with Crippen molar-refractivity contribution in [2.75, 3.05) is 0 Å². The highest BCUT2D eigenvalue weighted by Gasteiger charge is 2.09. The third kappa shape index (κ3) is 2.18. The van der Waals surface area contributed by atoms with Crippen molar-refractivity contribution in [2.45, 2.75) is 20.8 Å². The predicted octanol–water partition coefficient (Wildman–Crippen LogP) is 3.44. The van der Waals surface area contributed by atoms with Crippen LogP contribution in [0.4, 0.5) is 5.69 Å². The third-order valence-electron chi connectivity index (χ3n) is 3.06. The van der Waals surface area contributed by atoms with Crippen molar-refractivity contribution in [2.24, 2.45) is 4.99 Å². The van der Waals surface area contributed by atoms with Gasteiger partial charge in [-0.1, -0.05) is 0 Å². The lowest BCUT2D eigenvalue weighted by atomic mass is 10.1. The molecule has 0 saturated heterocycles. The summed E-state index contributed by atoms with van der Waals surface area (Å²) in [6.45, 7) is 5.99. The standard InChI is InChI=1S/C15H15N5/c1-9(2)20-14-7-17-13(4-10(14)3)11-6-18-15-12(11)5-16-8-19-15/h4-8H,1-3H3,(H,16,18,19). The average molecular weight is 265 g/mol. The Bertz CT molecular complexity index is 797. The zero-order chi connectivity index (χ0) is 14.1. The summed E-state index contributed by atoms with van der Waals surface area (Å²) in [4.78, 5) is 20.4. The normalized spacial score (nSPS) is 10.8. The molecule has 0 aliphatic rings. The molecular weight excluding hydrogens is 250 g/mol. The first-order valence-electron chi connectivity index (χ1n) is 6.41. The van der Waals surface area contributed by atoms with Crippen LogP contribution in [0.3, 0.4) is 0 Å². The zero-order valence-corrected chi connectivity index (χ0v) is 11.7. The van der Waals surface area contributed by atoms with Gasteiger partial charge in [-0.05, 0) is 32.4 Å². The second kappa shape index (κ2) is 4.85. The van der Waals surface area contributed by atoms with Crippen molar-refractivity contribution in [3.05, 3.63) is 36.5 Å². The second-order valence-electron chi connectivity index (χ2n) is 4.90. The third-order valence-corrected chi connectivity index (χ3v) is 3.06. The topological polar surface area (TPSA) is 66.8 Å².